The van der Waals surface area contributed by atoms with Gasteiger partial charge in [-0.05, 0) is 49.4 Å². The van der Waals surface area contributed by atoms with E-state index in [0.717, 1.165) is 17.9 Å². The number of likely N-dealkylation sites (tertiary alicyclic amines) is 1. The van der Waals surface area contributed by atoms with Crippen molar-refractivity contribution in [3.05, 3.63) is 0 Å². The Hall–Kier alpha value is -2.50. The first-order chi connectivity index (χ1) is 17.7. The normalized spacial score (nSPS) is 29.2. The first kappa shape index (κ1) is 28.5. The largest absolute Gasteiger partial charge is 0.356 e. The Labute approximate surface area is 225 Å². The zero-order valence-electron chi connectivity index (χ0n) is 21.9. The van der Waals surface area contributed by atoms with Gasteiger partial charge in [0, 0.05) is 13.1 Å². The van der Waals surface area contributed by atoms with E-state index in [9.17, 15) is 32.8 Å². The average Bonchev–Trinajstić information content (AvgIpc) is 3.14. The zero-order valence-corrected chi connectivity index (χ0v) is 22.7. The molecule has 0 bridgehead atoms. The van der Waals surface area contributed by atoms with Gasteiger partial charge in [-0.25, -0.2) is 13.8 Å². The number of amides is 5. The zero-order chi connectivity index (χ0) is 28.0. The summed E-state index contributed by atoms with van der Waals surface area (Å²) in [6, 6.07) is -2.08. The van der Waals surface area contributed by atoms with Crippen molar-refractivity contribution in [1.29, 1.82) is 0 Å². The molecule has 4 aliphatic rings. The van der Waals surface area contributed by atoms with Gasteiger partial charge in [0.2, 0.25) is 11.8 Å². The molecule has 2 saturated heterocycles. The molecular formula is C25H36ClF2N5O5. The number of fused-ring (bicyclic) bond motifs is 1. The van der Waals surface area contributed by atoms with Gasteiger partial charge in [-0.15, -0.1) is 0 Å². The van der Waals surface area contributed by atoms with Crippen molar-refractivity contribution in [1.82, 2.24) is 26.0 Å². The maximum Gasteiger partial charge on any atom is 0.291 e. The molecule has 38 heavy (non-hydrogen) atoms. The lowest BCUT2D eigenvalue weighted by Gasteiger charge is -2.37. The van der Waals surface area contributed by atoms with Crippen LogP contribution in [-0.2, 0) is 24.0 Å². The Balaban J connectivity index is 1.56. The van der Waals surface area contributed by atoms with Crippen LogP contribution in [-0.4, -0.2) is 82.5 Å². The quantitative estimate of drug-likeness (QED) is 0.319. The molecule has 0 aromatic heterocycles. The van der Waals surface area contributed by atoms with Crippen LogP contribution in [0.3, 0.4) is 0 Å². The van der Waals surface area contributed by atoms with Gasteiger partial charge in [-0.2, -0.15) is 0 Å². The maximum atomic E-state index is 14.4. The van der Waals surface area contributed by atoms with Gasteiger partial charge in [-0.1, -0.05) is 38.8 Å². The summed E-state index contributed by atoms with van der Waals surface area (Å²) in [4.78, 5) is 66.0. The molecule has 2 saturated carbocycles. The van der Waals surface area contributed by atoms with E-state index in [1.165, 1.54) is 4.90 Å². The lowest BCUT2D eigenvalue weighted by Crippen LogP contribution is -2.61. The molecule has 2 aliphatic heterocycles. The number of alkyl halides is 3. The highest BCUT2D eigenvalue weighted by Crippen LogP contribution is 2.44. The van der Waals surface area contributed by atoms with E-state index in [1.807, 2.05) is 0 Å². The van der Waals surface area contributed by atoms with Crippen molar-refractivity contribution >= 4 is 41.1 Å². The summed E-state index contributed by atoms with van der Waals surface area (Å²) in [5.41, 5.74) is -2.75. The van der Waals surface area contributed by atoms with Crippen molar-refractivity contribution < 1.29 is 32.8 Å². The number of hydrazine groups is 1. The Morgan fingerprint density at radius 3 is 2.45 bits per heavy atom. The van der Waals surface area contributed by atoms with E-state index >= 15 is 0 Å². The highest BCUT2D eigenvalue weighted by molar-refractivity contribution is 6.29. The number of hydrogen-bond donors (Lipinski definition) is 3. The van der Waals surface area contributed by atoms with Crippen molar-refractivity contribution in [2.75, 3.05) is 19.6 Å². The van der Waals surface area contributed by atoms with Crippen molar-refractivity contribution in [2.45, 2.75) is 82.7 Å². The van der Waals surface area contributed by atoms with Gasteiger partial charge in [0.25, 0.3) is 23.4 Å². The second-order valence-electron chi connectivity index (χ2n) is 12.0. The summed E-state index contributed by atoms with van der Waals surface area (Å²) in [5, 5.41) is 5.93. The van der Waals surface area contributed by atoms with Gasteiger partial charge >= 0.3 is 0 Å². The van der Waals surface area contributed by atoms with Crippen LogP contribution in [0.4, 0.5) is 8.78 Å². The van der Waals surface area contributed by atoms with Crippen molar-refractivity contribution in [3.8, 4) is 0 Å². The maximum absolute atomic E-state index is 14.4. The van der Waals surface area contributed by atoms with E-state index in [2.05, 4.69) is 16.1 Å². The molecule has 3 N–H and O–H groups in total. The van der Waals surface area contributed by atoms with Crippen LogP contribution in [0.15, 0.2) is 0 Å². The van der Waals surface area contributed by atoms with Gasteiger partial charge in [0.15, 0.2) is 5.67 Å². The number of carbonyl (C=O) groups is 5. The first-order valence-electron chi connectivity index (χ1n) is 13.2. The number of carbonyl (C=O) groups excluding carboxylic acids is 5. The van der Waals surface area contributed by atoms with Gasteiger partial charge in [0.1, 0.15) is 12.1 Å². The van der Waals surface area contributed by atoms with Crippen molar-refractivity contribution in [3.63, 3.8) is 0 Å². The van der Waals surface area contributed by atoms with E-state index in [-0.39, 0.29) is 43.7 Å². The fourth-order valence-corrected chi connectivity index (χ4v) is 5.95. The Bertz CT molecular complexity index is 1000. The van der Waals surface area contributed by atoms with Crippen LogP contribution in [0.5, 0.6) is 0 Å². The predicted molar refractivity (Wildman–Crippen MR) is 133 cm³/mol. The molecule has 4 fully saturated rings. The number of halogens is 3. The molecule has 2 aliphatic carbocycles. The third-order valence-electron chi connectivity index (χ3n) is 8.19. The Morgan fingerprint density at radius 2 is 1.89 bits per heavy atom. The molecule has 10 nitrogen and oxygen atoms in total. The van der Waals surface area contributed by atoms with E-state index < -0.39 is 58.3 Å². The topological polar surface area (TPSA) is 128 Å². The molecule has 0 spiro atoms. The van der Waals surface area contributed by atoms with E-state index in [4.69, 9.17) is 11.6 Å². The lowest BCUT2D eigenvalue weighted by atomic mass is 9.85. The molecule has 2 heterocycles. The summed E-state index contributed by atoms with van der Waals surface area (Å²) in [5.74, 6) is -4.39. The van der Waals surface area contributed by atoms with Gasteiger partial charge in [-0.3, -0.25) is 29.4 Å². The second-order valence-corrected chi connectivity index (χ2v) is 12.4. The SMILES string of the molecule is CC(C)(C)[C@H](NC(=O)C1(F)CC1)C(=O)N1C[C@@H]2CCC[C@@H]2[C@H]1C(=O)NN(C[C@@H]1CCNC1=O)C(=O)[C@@H](F)Cl. The smallest absolute Gasteiger partial charge is 0.291 e. The van der Waals surface area contributed by atoms with E-state index in [0.29, 0.717) is 19.4 Å². The predicted octanol–water partition coefficient (Wildman–Crippen LogP) is 1.18. The third kappa shape index (κ3) is 5.74. The van der Waals surface area contributed by atoms with Crippen LogP contribution in [0.25, 0.3) is 0 Å². The molecule has 0 radical (unpaired) electrons. The fourth-order valence-electron chi connectivity index (χ4n) is 5.83. The van der Waals surface area contributed by atoms with Crippen LogP contribution in [0.1, 0.15) is 59.3 Å². The lowest BCUT2D eigenvalue weighted by molar-refractivity contribution is -0.151. The van der Waals surface area contributed by atoms with Gasteiger partial charge in [0.05, 0.1) is 12.5 Å². The first-order valence-corrected chi connectivity index (χ1v) is 13.6. The fraction of sp³-hybridized carbons (Fsp3) is 0.800. The molecule has 5 amide bonds. The highest BCUT2D eigenvalue weighted by atomic mass is 35.5. The molecule has 0 unspecified atom stereocenters. The minimum Gasteiger partial charge on any atom is -0.356 e. The summed E-state index contributed by atoms with van der Waals surface area (Å²) in [7, 11) is 0. The minimum absolute atomic E-state index is 0.0358. The minimum atomic E-state index is -2.43. The number of rotatable bonds is 7. The van der Waals surface area contributed by atoms with Crippen LogP contribution >= 0.6 is 11.6 Å². The molecule has 4 rings (SSSR count). The summed E-state index contributed by atoms with van der Waals surface area (Å²) < 4.78 is 28.3. The third-order valence-corrected chi connectivity index (χ3v) is 8.38. The Morgan fingerprint density at radius 1 is 1.21 bits per heavy atom. The molecule has 0 aromatic carbocycles. The summed E-state index contributed by atoms with van der Waals surface area (Å²) in [6.07, 6.45) is 2.94. The highest BCUT2D eigenvalue weighted by Gasteiger charge is 2.55. The number of nitrogens with zero attached hydrogens (tertiary/aromatic N) is 2. The molecule has 0 aromatic rings. The standard InChI is InChI=1S/C25H36ClF2N5O5/c1-24(2,3)17(30-23(38)25(28)8-9-25)21(36)32-11-13-5-4-6-15(13)16(32)20(35)31-33(22(37)18(26)27)12-14-7-10-29-19(14)34/h13-18H,4-12H2,1-3H3,(H,29,34)(H,30,38)(H,31,35)/t13-,14-,15-,16-,17+,18+/m0/s1. The van der Waals surface area contributed by atoms with Crippen LogP contribution < -0.4 is 16.1 Å². The molecule has 212 valence electrons. The monoisotopic (exact) mass is 559 g/mol. The summed E-state index contributed by atoms with van der Waals surface area (Å²) in [6.45, 7) is 5.63. The second kappa shape index (κ2) is 10.6. The molecule has 13 heteroatoms. The number of hydrogen-bond acceptors (Lipinski definition) is 5. The molecular weight excluding hydrogens is 524 g/mol. The van der Waals surface area contributed by atoms with Crippen molar-refractivity contribution in [2.24, 2.45) is 23.2 Å². The molecule has 6 atom stereocenters. The average molecular weight is 560 g/mol. The van der Waals surface area contributed by atoms with Crippen LogP contribution in [0, 0.1) is 23.2 Å². The summed E-state index contributed by atoms with van der Waals surface area (Å²) >= 11 is 5.39. The van der Waals surface area contributed by atoms with Gasteiger partial charge < -0.3 is 15.5 Å². The van der Waals surface area contributed by atoms with Crippen LogP contribution in [0.2, 0.25) is 0 Å². The Kier molecular flexibility index (Phi) is 7.94. The van der Waals surface area contributed by atoms with E-state index in [1.54, 1.807) is 20.8 Å². The number of nitrogens with one attached hydrogen (secondary N) is 3.